The Morgan fingerprint density at radius 1 is 0.944 bits per heavy atom. The van der Waals surface area contributed by atoms with E-state index >= 15 is 0 Å². The summed E-state index contributed by atoms with van der Waals surface area (Å²) in [5.74, 6) is 1.52. The fourth-order valence-corrected chi connectivity index (χ4v) is 5.93. The quantitative estimate of drug-likeness (QED) is 0.512. The van der Waals surface area contributed by atoms with Crippen molar-refractivity contribution in [2.75, 3.05) is 50.2 Å². The molecule has 0 atom stereocenters. The Morgan fingerprint density at radius 3 is 2.50 bits per heavy atom. The molecule has 2 saturated heterocycles. The number of aromatic nitrogens is 5. The van der Waals surface area contributed by atoms with E-state index in [1.165, 1.54) is 12.8 Å². The molecule has 1 saturated carbocycles. The van der Waals surface area contributed by atoms with E-state index in [1.54, 1.807) is 0 Å². The van der Waals surface area contributed by atoms with Gasteiger partial charge >= 0.3 is 0 Å². The lowest BCUT2D eigenvalue weighted by Gasteiger charge is -2.39. The summed E-state index contributed by atoms with van der Waals surface area (Å²) < 4.78 is 15.3. The molecule has 2 N–H and O–H groups in total. The molecule has 0 aromatic carbocycles. The van der Waals surface area contributed by atoms with Gasteiger partial charge in [-0.2, -0.15) is 10.1 Å². The van der Waals surface area contributed by atoms with Gasteiger partial charge in [-0.3, -0.25) is 9.58 Å². The number of nitrogens with one attached hydrogen (secondary N) is 2. The predicted octanol–water partition coefficient (Wildman–Crippen LogP) is 3.80. The third kappa shape index (κ3) is 5.07. The summed E-state index contributed by atoms with van der Waals surface area (Å²) in [6.07, 6.45) is 12.8. The smallest absolute Gasteiger partial charge is 0.229 e. The van der Waals surface area contributed by atoms with E-state index in [9.17, 15) is 0 Å². The molecule has 1 aliphatic carbocycles. The molecule has 3 aromatic rings. The Kier molecular flexibility index (Phi) is 7.07. The van der Waals surface area contributed by atoms with Crippen LogP contribution in [-0.2, 0) is 16.0 Å². The maximum absolute atomic E-state index is 5.54. The van der Waals surface area contributed by atoms with Crippen LogP contribution in [0.25, 0.3) is 11.0 Å². The monoisotopic (exact) mass is 494 g/mol. The van der Waals surface area contributed by atoms with Gasteiger partial charge < -0.3 is 24.7 Å². The standard InChI is InChI=1S/C26H38N8O2/c1-2-32-10-7-23-24(32)25(28-19-3-5-21(6-4-19)33-11-15-36-16-12-33)31-26(30-23)29-20-17-27-34(18-20)22-8-13-35-14-9-22/h7,10,17-19,21-22H,2-6,8-9,11-16H2,1H3,(H2,28,29,30,31). The predicted molar refractivity (Wildman–Crippen MR) is 140 cm³/mol. The highest BCUT2D eigenvalue weighted by molar-refractivity contribution is 5.88. The van der Waals surface area contributed by atoms with Gasteiger partial charge in [0.1, 0.15) is 5.52 Å². The molecule has 10 nitrogen and oxygen atoms in total. The Morgan fingerprint density at radius 2 is 1.72 bits per heavy atom. The highest BCUT2D eigenvalue weighted by Crippen LogP contribution is 2.30. The normalized spacial score (nSPS) is 24.2. The zero-order chi connectivity index (χ0) is 24.3. The number of nitrogens with zero attached hydrogens (tertiary/aromatic N) is 6. The first kappa shape index (κ1) is 23.7. The van der Waals surface area contributed by atoms with Gasteiger partial charge in [0.15, 0.2) is 5.82 Å². The molecule has 0 amide bonds. The molecule has 194 valence electrons. The Hall–Kier alpha value is -2.69. The molecule has 3 aromatic heterocycles. The number of ether oxygens (including phenoxy) is 2. The number of fused-ring (bicyclic) bond motifs is 1. The maximum Gasteiger partial charge on any atom is 0.229 e. The van der Waals surface area contributed by atoms with Crippen molar-refractivity contribution in [1.29, 1.82) is 0 Å². The van der Waals surface area contributed by atoms with E-state index in [1.807, 2.05) is 10.9 Å². The number of hydrogen-bond donors (Lipinski definition) is 2. The van der Waals surface area contributed by atoms with E-state index in [-0.39, 0.29) is 0 Å². The second-order valence-electron chi connectivity index (χ2n) is 10.2. The second kappa shape index (κ2) is 10.7. The molecule has 3 aliphatic rings. The van der Waals surface area contributed by atoms with Crippen LogP contribution in [-0.4, -0.2) is 80.8 Å². The summed E-state index contributed by atoms with van der Waals surface area (Å²) in [6, 6.07) is 3.57. The fraction of sp³-hybridized carbons (Fsp3) is 0.654. The van der Waals surface area contributed by atoms with Crippen LogP contribution in [0.5, 0.6) is 0 Å². The summed E-state index contributed by atoms with van der Waals surface area (Å²) in [7, 11) is 0. The van der Waals surface area contributed by atoms with Crippen LogP contribution in [0.15, 0.2) is 24.7 Å². The minimum Gasteiger partial charge on any atom is -0.381 e. The lowest BCUT2D eigenvalue weighted by atomic mass is 9.90. The average molecular weight is 495 g/mol. The van der Waals surface area contributed by atoms with E-state index in [0.717, 1.165) is 94.3 Å². The van der Waals surface area contributed by atoms with E-state index < -0.39 is 0 Å². The first-order chi connectivity index (χ1) is 17.8. The first-order valence-electron chi connectivity index (χ1n) is 13.6. The number of aryl methyl sites for hydroxylation is 1. The van der Waals surface area contributed by atoms with Crippen LogP contribution >= 0.6 is 0 Å². The fourth-order valence-electron chi connectivity index (χ4n) is 5.93. The van der Waals surface area contributed by atoms with E-state index in [4.69, 9.17) is 19.4 Å². The molecule has 0 radical (unpaired) electrons. The van der Waals surface area contributed by atoms with E-state index in [0.29, 0.717) is 24.1 Å². The van der Waals surface area contributed by atoms with Crippen molar-refractivity contribution in [2.24, 2.45) is 0 Å². The largest absolute Gasteiger partial charge is 0.381 e. The van der Waals surface area contributed by atoms with Gasteiger partial charge in [-0.1, -0.05) is 0 Å². The van der Waals surface area contributed by atoms with Crippen molar-refractivity contribution in [3.8, 4) is 0 Å². The first-order valence-corrected chi connectivity index (χ1v) is 13.6. The SMILES string of the molecule is CCn1ccc2nc(Nc3cnn(C4CCOCC4)c3)nc(NC3CCC(N4CCOCC4)CC3)c21. The molecule has 6 rings (SSSR count). The van der Waals surface area contributed by atoms with Crippen molar-refractivity contribution in [2.45, 2.75) is 70.1 Å². The zero-order valence-corrected chi connectivity index (χ0v) is 21.2. The number of rotatable bonds is 7. The summed E-state index contributed by atoms with van der Waals surface area (Å²) >= 11 is 0. The summed E-state index contributed by atoms with van der Waals surface area (Å²) in [5.41, 5.74) is 2.94. The summed E-state index contributed by atoms with van der Waals surface area (Å²) in [4.78, 5) is 12.4. The lowest BCUT2D eigenvalue weighted by molar-refractivity contribution is 0.00791. The van der Waals surface area contributed by atoms with E-state index in [2.05, 4.69) is 50.6 Å². The molecule has 36 heavy (non-hydrogen) atoms. The maximum atomic E-state index is 5.54. The van der Waals surface area contributed by atoms with Crippen molar-refractivity contribution < 1.29 is 9.47 Å². The molecule has 10 heteroatoms. The van der Waals surface area contributed by atoms with Crippen LogP contribution in [0.3, 0.4) is 0 Å². The molecular formula is C26H38N8O2. The summed E-state index contributed by atoms with van der Waals surface area (Å²) in [6.45, 7) is 8.52. The Bertz CT molecular complexity index is 1140. The zero-order valence-electron chi connectivity index (χ0n) is 21.2. The minimum absolute atomic E-state index is 0.390. The number of morpholine rings is 1. The molecule has 0 unspecified atom stereocenters. The van der Waals surface area contributed by atoms with Crippen LogP contribution in [0.4, 0.5) is 17.5 Å². The van der Waals surface area contributed by atoms with Crippen molar-refractivity contribution >= 4 is 28.5 Å². The molecule has 0 spiro atoms. The van der Waals surface area contributed by atoms with Crippen LogP contribution in [0, 0.1) is 0 Å². The van der Waals surface area contributed by atoms with Gasteiger partial charge in [-0.05, 0) is 51.5 Å². The van der Waals surface area contributed by atoms with Gasteiger partial charge in [-0.25, -0.2) is 4.98 Å². The highest BCUT2D eigenvalue weighted by Gasteiger charge is 2.28. The summed E-state index contributed by atoms with van der Waals surface area (Å²) in [5, 5.41) is 11.8. The van der Waals surface area contributed by atoms with Gasteiger partial charge in [0.25, 0.3) is 0 Å². The van der Waals surface area contributed by atoms with Crippen molar-refractivity contribution in [3.63, 3.8) is 0 Å². The van der Waals surface area contributed by atoms with Crippen LogP contribution in [0.2, 0.25) is 0 Å². The third-order valence-corrected chi connectivity index (χ3v) is 7.97. The molecule has 2 aliphatic heterocycles. The minimum atomic E-state index is 0.390. The second-order valence-corrected chi connectivity index (χ2v) is 10.2. The molecule has 0 bridgehead atoms. The van der Waals surface area contributed by atoms with Crippen molar-refractivity contribution in [3.05, 3.63) is 24.7 Å². The van der Waals surface area contributed by atoms with Crippen LogP contribution < -0.4 is 10.6 Å². The lowest BCUT2D eigenvalue weighted by Crippen LogP contribution is -2.46. The van der Waals surface area contributed by atoms with Gasteiger partial charge in [0, 0.05) is 57.3 Å². The van der Waals surface area contributed by atoms with Gasteiger partial charge in [-0.15, -0.1) is 0 Å². The van der Waals surface area contributed by atoms with Gasteiger partial charge in [0.05, 0.1) is 36.7 Å². The van der Waals surface area contributed by atoms with Crippen molar-refractivity contribution in [1.82, 2.24) is 29.2 Å². The number of anilines is 3. The molecule has 5 heterocycles. The Balaban J connectivity index is 1.17. The topological polar surface area (TPSA) is 94.3 Å². The third-order valence-electron chi connectivity index (χ3n) is 7.97. The molecular weight excluding hydrogens is 456 g/mol. The highest BCUT2D eigenvalue weighted by atomic mass is 16.5. The average Bonchev–Trinajstić information content (AvgIpc) is 3.57. The molecule has 3 fully saturated rings. The van der Waals surface area contributed by atoms with Crippen LogP contribution in [0.1, 0.15) is 51.5 Å². The number of hydrogen-bond acceptors (Lipinski definition) is 8. The Labute approximate surface area is 212 Å². The van der Waals surface area contributed by atoms with Gasteiger partial charge in [0.2, 0.25) is 5.95 Å².